The maximum atomic E-state index is 12.5. The normalized spacial score (nSPS) is 16.7. The van der Waals surface area contributed by atoms with E-state index in [1.54, 1.807) is 12.0 Å². The van der Waals surface area contributed by atoms with Gasteiger partial charge in [0, 0.05) is 24.5 Å². The van der Waals surface area contributed by atoms with Gasteiger partial charge >= 0.3 is 12.0 Å². The molecule has 0 radical (unpaired) electrons. The zero-order valence-corrected chi connectivity index (χ0v) is 16.1. The number of hydrogen-bond donors (Lipinski definition) is 1. The van der Waals surface area contributed by atoms with Crippen LogP contribution in [0.15, 0.2) is 30.3 Å². The molecule has 2 amide bonds. The summed E-state index contributed by atoms with van der Waals surface area (Å²) in [6.45, 7) is 5.57. The van der Waals surface area contributed by atoms with Gasteiger partial charge in [0.05, 0.1) is 13.7 Å². The zero-order chi connectivity index (χ0) is 19.2. The minimum atomic E-state index is -0.0910. The van der Waals surface area contributed by atoms with Crippen LogP contribution in [0.25, 0.3) is 0 Å². The molecule has 1 saturated heterocycles. The predicted octanol–water partition coefficient (Wildman–Crippen LogP) is 2.86. The molecule has 1 unspecified atom stereocenters. The standard InChI is InChI=1S/C20H26N4O3/c1-14-11-15(2)23-19(22-14)27-18-5-4-10-24(13-18)20(25)21-12-16-6-8-17(26-3)9-7-16/h6-9,11,18H,4-5,10,12-13H2,1-3H3,(H,21,25). The van der Waals surface area contributed by atoms with Gasteiger partial charge in [-0.05, 0) is 50.5 Å². The first-order chi connectivity index (χ1) is 13.0. The number of aromatic nitrogens is 2. The third-order valence-electron chi connectivity index (χ3n) is 4.50. The molecule has 144 valence electrons. The van der Waals surface area contributed by atoms with Crippen molar-refractivity contribution in [3.05, 3.63) is 47.3 Å². The number of nitrogens with zero attached hydrogens (tertiary/aromatic N) is 3. The highest BCUT2D eigenvalue weighted by molar-refractivity contribution is 5.74. The van der Waals surface area contributed by atoms with Crippen molar-refractivity contribution in [1.82, 2.24) is 20.2 Å². The average Bonchev–Trinajstić information content (AvgIpc) is 2.66. The Morgan fingerprint density at radius 2 is 1.93 bits per heavy atom. The summed E-state index contributed by atoms with van der Waals surface area (Å²) in [5, 5.41) is 2.97. The molecule has 0 aliphatic carbocycles. The number of benzene rings is 1. The van der Waals surface area contributed by atoms with E-state index in [0.717, 1.165) is 42.1 Å². The fourth-order valence-electron chi connectivity index (χ4n) is 3.15. The SMILES string of the molecule is COc1ccc(CNC(=O)N2CCCC(Oc3nc(C)cc(C)n3)C2)cc1. The van der Waals surface area contributed by atoms with Crippen LogP contribution in [-0.4, -0.2) is 47.2 Å². The molecule has 1 aromatic heterocycles. The predicted molar refractivity (Wildman–Crippen MR) is 102 cm³/mol. The van der Waals surface area contributed by atoms with E-state index in [1.807, 2.05) is 44.2 Å². The van der Waals surface area contributed by atoms with Crippen molar-refractivity contribution >= 4 is 6.03 Å². The van der Waals surface area contributed by atoms with Crippen LogP contribution in [-0.2, 0) is 6.54 Å². The monoisotopic (exact) mass is 370 g/mol. The molecule has 7 heteroatoms. The van der Waals surface area contributed by atoms with Gasteiger partial charge < -0.3 is 19.7 Å². The first-order valence-corrected chi connectivity index (χ1v) is 9.18. The van der Waals surface area contributed by atoms with E-state index in [1.165, 1.54) is 0 Å². The number of urea groups is 1. The van der Waals surface area contributed by atoms with Crippen molar-refractivity contribution in [2.24, 2.45) is 0 Å². The molecule has 1 N–H and O–H groups in total. The lowest BCUT2D eigenvalue weighted by molar-refractivity contribution is 0.0935. The fraction of sp³-hybridized carbons (Fsp3) is 0.450. The molecule has 1 atom stereocenters. The van der Waals surface area contributed by atoms with E-state index >= 15 is 0 Å². The summed E-state index contributed by atoms with van der Waals surface area (Å²) in [6, 6.07) is 9.87. The average molecular weight is 370 g/mol. The van der Waals surface area contributed by atoms with Crippen molar-refractivity contribution in [3.8, 4) is 11.8 Å². The minimum Gasteiger partial charge on any atom is -0.497 e. The van der Waals surface area contributed by atoms with Crippen molar-refractivity contribution in [2.75, 3.05) is 20.2 Å². The number of ether oxygens (including phenoxy) is 2. The number of piperidine rings is 1. The first kappa shape index (κ1) is 18.9. The Bertz CT molecular complexity index is 759. The Kier molecular flexibility index (Phi) is 6.11. The zero-order valence-electron chi connectivity index (χ0n) is 16.1. The van der Waals surface area contributed by atoms with Gasteiger partial charge in [0.1, 0.15) is 11.9 Å². The van der Waals surface area contributed by atoms with Crippen molar-refractivity contribution in [3.63, 3.8) is 0 Å². The molecule has 3 rings (SSSR count). The number of nitrogens with one attached hydrogen (secondary N) is 1. The molecule has 1 fully saturated rings. The Balaban J connectivity index is 1.52. The van der Waals surface area contributed by atoms with Crippen molar-refractivity contribution < 1.29 is 14.3 Å². The van der Waals surface area contributed by atoms with Crippen LogP contribution >= 0.6 is 0 Å². The van der Waals surface area contributed by atoms with Crippen LogP contribution < -0.4 is 14.8 Å². The van der Waals surface area contributed by atoms with Crippen LogP contribution in [0.4, 0.5) is 4.79 Å². The second-order valence-corrected chi connectivity index (χ2v) is 6.77. The number of carbonyl (C=O) groups excluding carboxylic acids is 1. The number of likely N-dealkylation sites (tertiary alicyclic amines) is 1. The van der Waals surface area contributed by atoms with Crippen LogP contribution in [0.5, 0.6) is 11.8 Å². The lowest BCUT2D eigenvalue weighted by Crippen LogP contribution is -2.48. The number of rotatable bonds is 5. The summed E-state index contributed by atoms with van der Waals surface area (Å²) in [6.07, 6.45) is 1.69. The Morgan fingerprint density at radius 1 is 1.22 bits per heavy atom. The maximum absolute atomic E-state index is 12.5. The Hall–Kier alpha value is -2.83. The van der Waals surface area contributed by atoms with E-state index < -0.39 is 0 Å². The molecule has 1 aromatic carbocycles. The van der Waals surface area contributed by atoms with Crippen LogP contribution in [0.2, 0.25) is 0 Å². The highest BCUT2D eigenvalue weighted by Gasteiger charge is 2.25. The van der Waals surface area contributed by atoms with Crippen LogP contribution in [0.3, 0.4) is 0 Å². The lowest BCUT2D eigenvalue weighted by atomic mass is 10.1. The largest absolute Gasteiger partial charge is 0.497 e. The highest BCUT2D eigenvalue weighted by Crippen LogP contribution is 2.17. The summed E-state index contributed by atoms with van der Waals surface area (Å²) < 4.78 is 11.1. The van der Waals surface area contributed by atoms with Crippen molar-refractivity contribution in [2.45, 2.75) is 39.3 Å². The number of hydrogen-bond acceptors (Lipinski definition) is 5. The van der Waals surface area contributed by atoms with Gasteiger partial charge in [0.2, 0.25) is 0 Å². The summed E-state index contributed by atoms with van der Waals surface area (Å²) in [7, 11) is 1.63. The van der Waals surface area contributed by atoms with Gasteiger partial charge in [-0.1, -0.05) is 12.1 Å². The smallest absolute Gasteiger partial charge is 0.317 e. The lowest BCUT2D eigenvalue weighted by Gasteiger charge is -2.32. The second-order valence-electron chi connectivity index (χ2n) is 6.77. The van der Waals surface area contributed by atoms with E-state index in [4.69, 9.17) is 9.47 Å². The Labute approximate surface area is 159 Å². The molecular weight excluding hydrogens is 344 g/mol. The van der Waals surface area contributed by atoms with Gasteiger partial charge in [-0.25, -0.2) is 14.8 Å². The molecule has 0 saturated carbocycles. The quantitative estimate of drug-likeness (QED) is 0.876. The van der Waals surface area contributed by atoms with Gasteiger partial charge in [0.25, 0.3) is 0 Å². The molecule has 7 nitrogen and oxygen atoms in total. The summed E-state index contributed by atoms with van der Waals surface area (Å²) in [5.41, 5.74) is 2.78. The summed E-state index contributed by atoms with van der Waals surface area (Å²) in [4.78, 5) is 22.9. The third-order valence-corrected chi connectivity index (χ3v) is 4.50. The highest BCUT2D eigenvalue weighted by atomic mass is 16.5. The molecular formula is C20H26N4O3. The third kappa shape index (κ3) is 5.32. The molecule has 1 aliphatic rings. The second kappa shape index (κ2) is 8.70. The minimum absolute atomic E-state index is 0.0829. The first-order valence-electron chi connectivity index (χ1n) is 9.18. The summed E-state index contributed by atoms with van der Waals surface area (Å²) in [5.74, 6) is 0.801. The van der Waals surface area contributed by atoms with Crippen LogP contribution in [0, 0.1) is 13.8 Å². The van der Waals surface area contributed by atoms with Gasteiger partial charge in [-0.15, -0.1) is 0 Å². The topological polar surface area (TPSA) is 76.6 Å². The molecule has 1 aliphatic heterocycles. The summed E-state index contributed by atoms with van der Waals surface area (Å²) >= 11 is 0. The van der Waals surface area contributed by atoms with E-state index in [0.29, 0.717) is 19.1 Å². The van der Waals surface area contributed by atoms with E-state index in [9.17, 15) is 4.79 Å². The van der Waals surface area contributed by atoms with Crippen molar-refractivity contribution in [1.29, 1.82) is 0 Å². The molecule has 27 heavy (non-hydrogen) atoms. The van der Waals surface area contributed by atoms with Gasteiger partial charge in [-0.3, -0.25) is 0 Å². The van der Waals surface area contributed by atoms with E-state index in [-0.39, 0.29) is 12.1 Å². The maximum Gasteiger partial charge on any atom is 0.317 e. The van der Waals surface area contributed by atoms with Gasteiger partial charge in [-0.2, -0.15) is 0 Å². The number of carbonyl (C=O) groups is 1. The number of aryl methyl sites for hydroxylation is 2. The molecule has 0 bridgehead atoms. The van der Waals surface area contributed by atoms with Gasteiger partial charge in [0.15, 0.2) is 0 Å². The molecule has 2 heterocycles. The van der Waals surface area contributed by atoms with Crippen LogP contribution in [0.1, 0.15) is 29.8 Å². The number of methoxy groups -OCH3 is 1. The molecule has 2 aromatic rings. The van der Waals surface area contributed by atoms with E-state index in [2.05, 4.69) is 15.3 Å². The number of amides is 2. The Morgan fingerprint density at radius 3 is 2.59 bits per heavy atom. The molecule has 0 spiro atoms. The fourth-order valence-corrected chi connectivity index (χ4v) is 3.15.